The molecular formula is C19H21N5O2. The Labute approximate surface area is 150 Å². The van der Waals surface area contributed by atoms with E-state index in [1.54, 1.807) is 6.33 Å². The van der Waals surface area contributed by atoms with Crippen LogP contribution in [0, 0.1) is 0 Å². The molecule has 3 heterocycles. The van der Waals surface area contributed by atoms with Crippen LogP contribution in [0.25, 0.3) is 11.0 Å². The molecule has 3 aromatic rings. The van der Waals surface area contributed by atoms with Gasteiger partial charge in [0.25, 0.3) is 5.91 Å². The van der Waals surface area contributed by atoms with Crippen LogP contribution >= 0.6 is 0 Å². The highest BCUT2D eigenvalue weighted by atomic mass is 16.5. The number of hydrogen-bond acceptors (Lipinski definition) is 5. The molecular weight excluding hydrogens is 330 g/mol. The van der Waals surface area contributed by atoms with Gasteiger partial charge < -0.3 is 14.4 Å². The molecule has 134 valence electrons. The van der Waals surface area contributed by atoms with E-state index in [1.807, 2.05) is 23.1 Å². The highest BCUT2D eigenvalue weighted by Gasteiger charge is 2.40. The van der Waals surface area contributed by atoms with Crippen LogP contribution in [-0.4, -0.2) is 44.0 Å². The van der Waals surface area contributed by atoms with Crippen molar-refractivity contribution in [3.8, 4) is 0 Å². The van der Waals surface area contributed by atoms with Gasteiger partial charge in [-0.2, -0.15) is 4.98 Å². The Morgan fingerprint density at radius 2 is 2.27 bits per heavy atom. The van der Waals surface area contributed by atoms with Crippen LogP contribution in [0.3, 0.4) is 0 Å². The van der Waals surface area contributed by atoms with Crippen molar-refractivity contribution in [1.29, 1.82) is 0 Å². The van der Waals surface area contributed by atoms with Gasteiger partial charge in [-0.3, -0.25) is 4.79 Å². The van der Waals surface area contributed by atoms with Gasteiger partial charge in [0, 0.05) is 24.6 Å². The number of nitrogens with zero attached hydrogens (tertiary/aromatic N) is 4. The fraction of sp³-hybridized carbons (Fsp3) is 0.474. The normalized spacial score (nSPS) is 23.5. The van der Waals surface area contributed by atoms with Gasteiger partial charge in [-0.25, -0.2) is 4.98 Å². The number of rotatable bonds is 3. The molecule has 2 aliphatic rings. The molecule has 1 aromatic carbocycles. The summed E-state index contributed by atoms with van der Waals surface area (Å²) in [5.74, 6) is 2.00. The first kappa shape index (κ1) is 15.5. The molecule has 7 nitrogen and oxygen atoms in total. The largest absolute Gasteiger partial charge is 0.345 e. The number of nitrogens with one attached hydrogen (secondary N) is 1. The Kier molecular flexibility index (Phi) is 3.38. The van der Waals surface area contributed by atoms with Crippen molar-refractivity contribution >= 4 is 16.9 Å². The third-order valence-corrected chi connectivity index (χ3v) is 5.55. The van der Waals surface area contributed by atoms with E-state index in [2.05, 4.69) is 27.0 Å². The summed E-state index contributed by atoms with van der Waals surface area (Å²) in [5, 5.41) is 4.15. The summed E-state index contributed by atoms with van der Waals surface area (Å²) in [6.07, 6.45) is 5.81. The van der Waals surface area contributed by atoms with Crippen LogP contribution in [0.5, 0.6) is 0 Å². The smallest absolute Gasteiger partial charge is 0.253 e. The molecule has 0 spiro atoms. The highest BCUT2D eigenvalue weighted by molar-refractivity contribution is 5.97. The van der Waals surface area contributed by atoms with E-state index >= 15 is 0 Å². The first-order chi connectivity index (χ1) is 12.6. The van der Waals surface area contributed by atoms with Gasteiger partial charge in [-0.05, 0) is 50.8 Å². The Hall–Kier alpha value is -2.70. The van der Waals surface area contributed by atoms with Crippen molar-refractivity contribution < 1.29 is 9.32 Å². The zero-order valence-electron chi connectivity index (χ0n) is 14.7. The third-order valence-electron chi connectivity index (χ3n) is 5.55. The Morgan fingerprint density at radius 1 is 1.38 bits per heavy atom. The monoisotopic (exact) mass is 351 g/mol. The van der Waals surface area contributed by atoms with Crippen molar-refractivity contribution in [3.05, 3.63) is 41.8 Å². The van der Waals surface area contributed by atoms with E-state index < -0.39 is 0 Å². The van der Waals surface area contributed by atoms with E-state index in [9.17, 15) is 4.79 Å². The Bertz CT molecular complexity index is 973. The van der Waals surface area contributed by atoms with E-state index in [4.69, 9.17) is 4.52 Å². The average molecular weight is 351 g/mol. The van der Waals surface area contributed by atoms with E-state index in [0.717, 1.165) is 49.1 Å². The Balaban J connectivity index is 1.39. The molecule has 2 aromatic heterocycles. The van der Waals surface area contributed by atoms with Crippen LogP contribution in [0.15, 0.2) is 29.0 Å². The minimum atomic E-state index is -0.286. The number of fused-ring (bicyclic) bond motifs is 1. The first-order valence-corrected chi connectivity index (χ1v) is 9.19. The quantitative estimate of drug-likeness (QED) is 0.784. The lowest BCUT2D eigenvalue weighted by Crippen LogP contribution is -2.47. The average Bonchev–Trinajstić information content (AvgIpc) is 3.19. The first-order valence-electron chi connectivity index (χ1n) is 9.19. The Morgan fingerprint density at radius 3 is 3.12 bits per heavy atom. The summed E-state index contributed by atoms with van der Waals surface area (Å²) >= 11 is 0. The zero-order valence-corrected chi connectivity index (χ0v) is 14.7. The summed E-state index contributed by atoms with van der Waals surface area (Å²) in [4.78, 5) is 26.8. The molecule has 2 fully saturated rings. The number of H-pyrrole nitrogens is 1. The molecule has 7 heteroatoms. The number of hydrogen-bond donors (Lipinski definition) is 1. The van der Waals surface area contributed by atoms with Gasteiger partial charge in [0.2, 0.25) is 5.89 Å². The maximum absolute atomic E-state index is 13.0. The number of aromatic amines is 1. The van der Waals surface area contributed by atoms with Crippen LogP contribution in [0.2, 0.25) is 0 Å². The molecule has 1 saturated carbocycles. The van der Waals surface area contributed by atoms with E-state index in [-0.39, 0.29) is 11.3 Å². The maximum Gasteiger partial charge on any atom is 0.253 e. The molecule has 0 unspecified atom stereocenters. The molecule has 1 aliphatic heterocycles. The summed E-state index contributed by atoms with van der Waals surface area (Å²) in [6.45, 7) is 3.47. The summed E-state index contributed by atoms with van der Waals surface area (Å²) < 4.78 is 5.58. The van der Waals surface area contributed by atoms with Crippen LogP contribution in [0.4, 0.5) is 0 Å². The molecule has 1 amide bonds. The van der Waals surface area contributed by atoms with Crippen LogP contribution < -0.4 is 0 Å². The van der Waals surface area contributed by atoms with Gasteiger partial charge in [-0.1, -0.05) is 5.16 Å². The number of likely N-dealkylation sites (tertiary alicyclic amines) is 1. The topological polar surface area (TPSA) is 87.9 Å². The number of carbonyl (C=O) groups excluding carboxylic acids is 1. The number of piperidine rings is 1. The number of benzene rings is 1. The molecule has 1 atom stereocenters. The van der Waals surface area contributed by atoms with Crippen molar-refractivity contribution in [2.24, 2.45) is 0 Å². The SMILES string of the molecule is C[C@@]1(c2nc(C3CC3)no2)CCCN(C(=O)c2ccc3nc[nH]c3c2)C1. The summed E-state index contributed by atoms with van der Waals surface area (Å²) in [6, 6.07) is 5.59. The fourth-order valence-electron chi connectivity index (χ4n) is 3.83. The molecule has 26 heavy (non-hydrogen) atoms. The minimum absolute atomic E-state index is 0.0364. The van der Waals surface area contributed by atoms with Crippen molar-refractivity contribution in [2.45, 2.75) is 43.9 Å². The van der Waals surface area contributed by atoms with Gasteiger partial charge in [-0.15, -0.1) is 0 Å². The van der Waals surface area contributed by atoms with Gasteiger partial charge in [0.15, 0.2) is 5.82 Å². The van der Waals surface area contributed by atoms with Gasteiger partial charge in [0.1, 0.15) is 0 Å². The standard InChI is InChI=1S/C19H21N5O2/c1-19(18-22-16(23-26-18)12-3-4-12)7-2-8-24(10-19)17(25)13-5-6-14-15(9-13)21-11-20-14/h5-6,9,11-12H,2-4,7-8,10H2,1H3,(H,20,21)/t19-/m1/s1. The van der Waals surface area contributed by atoms with Gasteiger partial charge >= 0.3 is 0 Å². The third kappa shape index (κ3) is 2.58. The molecule has 0 bridgehead atoms. The zero-order chi connectivity index (χ0) is 17.7. The van der Waals surface area contributed by atoms with E-state index in [0.29, 0.717) is 23.9 Å². The van der Waals surface area contributed by atoms with Crippen LogP contribution in [0.1, 0.15) is 60.6 Å². The fourth-order valence-corrected chi connectivity index (χ4v) is 3.83. The molecule has 0 radical (unpaired) electrons. The number of imidazole rings is 1. The summed E-state index contributed by atoms with van der Waals surface area (Å²) in [7, 11) is 0. The van der Waals surface area contributed by atoms with Gasteiger partial charge in [0.05, 0.1) is 22.8 Å². The summed E-state index contributed by atoms with van der Waals surface area (Å²) in [5.41, 5.74) is 2.13. The second-order valence-corrected chi connectivity index (χ2v) is 7.76. The molecule has 1 N–H and O–H groups in total. The number of aromatic nitrogens is 4. The number of carbonyl (C=O) groups is 1. The lowest BCUT2D eigenvalue weighted by atomic mass is 9.81. The predicted molar refractivity (Wildman–Crippen MR) is 94.9 cm³/mol. The predicted octanol–water partition coefficient (Wildman–Crippen LogP) is 3.02. The molecule has 5 rings (SSSR count). The van der Waals surface area contributed by atoms with Crippen molar-refractivity contribution in [3.63, 3.8) is 0 Å². The van der Waals surface area contributed by atoms with Crippen molar-refractivity contribution in [2.75, 3.05) is 13.1 Å². The van der Waals surface area contributed by atoms with Crippen molar-refractivity contribution in [1.82, 2.24) is 25.0 Å². The molecule has 1 saturated heterocycles. The van der Waals surface area contributed by atoms with E-state index in [1.165, 1.54) is 0 Å². The van der Waals surface area contributed by atoms with Crippen LogP contribution in [-0.2, 0) is 5.41 Å². The second kappa shape index (κ2) is 5.65. The minimum Gasteiger partial charge on any atom is -0.345 e. The lowest BCUT2D eigenvalue weighted by molar-refractivity contribution is 0.0620. The molecule has 1 aliphatic carbocycles. The maximum atomic E-state index is 13.0. The second-order valence-electron chi connectivity index (χ2n) is 7.76. The lowest BCUT2D eigenvalue weighted by Gasteiger charge is -2.38. The number of amides is 1. The highest BCUT2D eigenvalue weighted by Crippen LogP contribution is 2.40.